The van der Waals surface area contributed by atoms with E-state index in [1.54, 1.807) is 0 Å². The predicted molar refractivity (Wildman–Crippen MR) is 47.1 cm³/mol. The monoisotopic (exact) mass is 211 g/mol. The molecule has 1 heterocycles. The van der Waals surface area contributed by atoms with Crippen molar-refractivity contribution in [2.45, 2.75) is 18.4 Å². The molecular formula is C10H7F2NO2. The first-order valence-electron chi connectivity index (χ1n) is 4.57. The minimum atomic E-state index is -1.33. The van der Waals surface area contributed by atoms with Crippen LogP contribution in [0.2, 0.25) is 0 Å². The summed E-state index contributed by atoms with van der Waals surface area (Å²) in [4.78, 5) is 0. The van der Waals surface area contributed by atoms with Crippen LogP contribution < -0.4 is 0 Å². The van der Waals surface area contributed by atoms with Crippen LogP contribution in [0.3, 0.4) is 0 Å². The van der Waals surface area contributed by atoms with E-state index in [1.165, 1.54) is 6.20 Å². The topological polar surface area (TPSA) is 46.3 Å². The van der Waals surface area contributed by atoms with Gasteiger partial charge in [0, 0.05) is 6.07 Å². The minimum absolute atomic E-state index is 0.0537. The summed E-state index contributed by atoms with van der Waals surface area (Å²) < 4.78 is 32.0. The molecule has 78 valence electrons. The molecule has 3 nitrogen and oxygen atoms in total. The standard InChI is InChI=1S/C10H7F2NO2/c11-6-3-7-5(4-13-15-7)9(12)8(6)10(14)1-2-10/h3-4,14H,1-2H2. The van der Waals surface area contributed by atoms with Gasteiger partial charge in [0.05, 0.1) is 22.7 Å². The molecule has 0 aliphatic heterocycles. The van der Waals surface area contributed by atoms with Crippen molar-refractivity contribution in [2.24, 2.45) is 0 Å². The number of fused-ring (bicyclic) bond motifs is 1. The van der Waals surface area contributed by atoms with Crippen LogP contribution in [0.4, 0.5) is 8.78 Å². The fourth-order valence-corrected chi connectivity index (χ4v) is 1.74. The maximum atomic E-state index is 13.8. The molecule has 0 amide bonds. The quantitative estimate of drug-likeness (QED) is 0.785. The molecule has 5 heteroatoms. The van der Waals surface area contributed by atoms with Crippen LogP contribution in [-0.4, -0.2) is 10.3 Å². The smallest absolute Gasteiger partial charge is 0.172 e. The molecule has 1 fully saturated rings. The summed E-state index contributed by atoms with van der Waals surface area (Å²) in [5, 5.41) is 13.2. The first-order chi connectivity index (χ1) is 7.12. The number of hydrogen-bond donors (Lipinski definition) is 1. The van der Waals surface area contributed by atoms with Crippen LogP contribution in [0.25, 0.3) is 11.0 Å². The van der Waals surface area contributed by atoms with Crippen molar-refractivity contribution in [1.82, 2.24) is 5.16 Å². The molecule has 0 unspecified atom stereocenters. The average Bonchev–Trinajstić information content (AvgIpc) is 2.75. The van der Waals surface area contributed by atoms with Crippen molar-refractivity contribution in [3.63, 3.8) is 0 Å². The van der Waals surface area contributed by atoms with E-state index in [0.29, 0.717) is 12.8 Å². The lowest BCUT2D eigenvalue weighted by atomic mass is 10.0. The summed E-state index contributed by atoms with van der Waals surface area (Å²) in [5.74, 6) is -1.55. The molecule has 1 aromatic heterocycles. The van der Waals surface area contributed by atoms with Gasteiger partial charge in [-0.1, -0.05) is 5.16 Å². The van der Waals surface area contributed by atoms with Crippen molar-refractivity contribution in [2.75, 3.05) is 0 Å². The fraction of sp³-hybridized carbons (Fsp3) is 0.300. The summed E-state index contributed by atoms with van der Waals surface area (Å²) in [6, 6.07) is 1.05. The van der Waals surface area contributed by atoms with E-state index >= 15 is 0 Å². The SMILES string of the molecule is OC1(c2c(F)cc3oncc3c2F)CC1. The van der Waals surface area contributed by atoms with E-state index in [9.17, 15) is 13.9 Å². The fourth-order valence-electron chi connectivity index (χ4n) is 1.74. The predicted octanol–water partition coefficient (Wildman–Crippen LogP) is 2.09. The Hall–Kier alpha value is -1.49. The molecule has 1 aliphatic rings. The van der Waals surface area contributed by atoms with Crippen molar-refractivity contribution < 1.29 is 18.4 Å². The Morgan fingerprint density at radius 1 is 1.40 bits per heavy atom. The number of aromatic nitrogens is 1. The van der Waals surface area contributed by atoms with Gasteiger partial charge in [-0.2, -0.15) is 0 Å². The molecule has 0 spiro atoms. The Labute approximate surface area is 83.3 Å². The van der Waals surface area contributed by atoms with E-state index < -0.39 is 17.2 Å². The number of hydrogen-bond acceptors (Lipinski definition) is 3. The maximum absolute atomic E-state index is 13.8. The molecule has 0 atom stereocenters. The summed E-state index contributed by atoms with van der Waals surface area (Å²) in [5.41, 5.74) is -1.55. The molecule has 1 aliphatic carbocycles. The number of rotatable bonds is 1. The van der Waals surface area contributed by atoms with Crippen LogP contribution in [0.15, 0.2) is 16.8 Å². The van der Waals surface area contributed by atoms with Crippen molar-refractivity contribution in [1.29, 1.82) is 0 Å². The van der Waals surface area contributed by atoms with E-state index in [2.05, 4.69) is 9.68 Å². The van der Waals surface area contributed by atoms with E-state index in [4.69, 9.17) is 0 Å². The zero-order valence-corrected chi connectivity index (χ0v) is 7.63. The van der Waals surface area contributed by atoms with Gasteiger partial charge in [0.25, 0.3) is 0 Å². The van der Waals surface area contributed by atoms with Gasteiger partial charge in [0.2, 0.25) is 0 Å². The van der Waals surface area contributed by atoms with Crippen molar-refractivity contribution in [3.8, 4) is 0 Å². The molecule has 0 bridgehead atoms. The minimum Gasteiger partial charge on any atom is -0.385 e. The Bertz CT molecular complexity index is 546. The number of nitrogens with zero attached hydrogens (tertiary/aromatic N) is 1. The summed E-state index contributed by atoms with van der Waals surface area (Å²) in [6.07, 6.45) is 1.95. The van der Waals surface area contributed by atoms with Crippen LogP contribution in [-0.2, 0) is 5.60 Å². The molecule has 1 saturated carbocycles. The zero-order valence-electron chi connectivity index (χ0n) is 7.63. The number of benzene rings is 1. The number of halogens is 2. The molecule has 15 heavy (non-hydrogen) atoms. The normalized spacial score (nSPS) is 18.3. The largest absolute Gasteiger partial charge is 0.385 e. The highest BCUT2D eigenvalue weighted by molar-refractivity contribution is 5.78. The molecule has 0 saturated heterocycles. The highest BCUT2D eigenvalue weighted by Gasteiger charge is 2.46. The van der Waals surface area contributed by atoms with Crippen LogP contribution in [0, 0.1) is 11.6 Å². The average molecular weight is 211 g/mol. The van der Waals surface area contributed by atoms with Gasteiger partial charge in [-0.3, -0.25) is 0 Å². The van der Waals surface area contributed by atoms with Gasteiger partial charge in [0.15, 0.2) is 5.58 Å². The van der Waals surface area contributed by atoms with Crippen molar-refractivity contribution in [3.05, 3.63) is 29.5 Å². The van der Waals surface area contributed by atoms with E-state index in [-0.39, 0.29) is 16.5 Å². The Morgan fingerprint density at radius 3 is 2.80 bits per heavy atom. The third-order valence-corrected chi connectivity index (χ3v) is 2.74. The van der Waals surface area contributed by atoms with Gasteiger partial charge < -0.3 is 9.63 Å². The van der Waals surface area contributed by atoms with E-state index in [1.807, 2.05) is 0 Å². The van der Waals surface area contributed by atoms with Gasteiger partial charge in [-0.05, 0) is 12.8 Å². The second-order valence-corrected chi connectivity index (χ2v) is 3.82. The first-order valence-corrected chi connectivity index (χ1v) is 4.57. The van der Waals surface area contributed by atoms with Gasteiger partial charge in [-0.25, -0.2) is 8.78 Å². The second-order valence-electron chi connectivity index (χ2n) is 3.82. The van der Waals surface area contributed by atoms with Gasteiger partial charge in [0.1, 0.15) is 11.6 Å². The van der Waals surface area contributed by atoms with Crippen LogP contribution in [0.5, 0.6) is 0 Å². The van der Waals surface area contributed by atoms with Gasteiger partial charge >= 0.3 is 0 Å². The molecule has 1 aromatic carbocycles. The lowest BCUT2D eigenvalue weighted by Gasteiger charge is -2.10. The third kappa shape index (κ3) is 1.10. The maximum Gasteiger partial charge on any atom is 0.172 e. The number of aliphatic hydroxyl groups is 1. The molecule has 1 N–H and O–H groups in total. The summed E-state index contributed by atoms with van der Waals surface area (Å²) in [6.45, 7) is 0. The lowest BCUT2D eigenvalue weighted by Crippen LogP contribution is -2.10. The van der Waals surface area contributed by atoms with Crippen molar-refractivity contribution >= 4 is 11.0 Å². The second kappa shape index (κ2) is 2.55. The Morgan fingerprint density at radius 2 is 2.13 bits per heavy atom. The highest BCUT2D eigenvalue weighted by Crippen LogP contribution is 2.48. The molecule has 2 aromatic rings. The van der Waals surface area contributed by atoms with Crippen LogP contribution in [0.1, 0.15) is 18.4 Å². The first kappa shape index (κ1) is 8.79. The molecular weight excluding hydrogens is 204 g/mol. The summed E-state index contributed by atoms with van der Waals surface area (Å²) in [7, 11) is 0. The molecule has 0 radical (unpaired) electrons. The zero-order chi connectivity index (χ0) is 10.6. The van der Waals surface area contributed by atoms with Crippen LogP contribution >= 0.6 is 0 Å². The highest BCUT2D eigenvalue weighted by atomic mass is 19.1. The third-order valence-electron chi connectivity index (χ3n) is 2.74. The van der Waals surface area contributed by atoms with E-state index in [0.717, 1.165) is 6.07 Å². The Balaban J connectivity index is 2.37. The van der Waals surface area contributed by atoms with Gasteiger partial charge in [-0.15, -0.1) is 0 Å². The lowest BCUT2D eigenvalue weighted by molar-refractivity contribution is 0.142. The summed E-state index contributed by atoms with van der Waals surface area (Å²) >= 11 is 0. The Kier molecular flexibility index (Phi) is 1.49. The molecule has 3 rings (SSSR count).